The molecule has 0 aromatic heterocycles. The molecule has 2 atom stereocenters. The van der Waals surface area contributed by atoms with Crippen LogP contribution in [0.3, 0.4) is 0 Å². The average molecular weight is 789 g/mol. The highest BCUT2D eigenvalue weighted by molar-refractivity contribution is 5.89. The number of methoxy groups -OCH3 is 1. The number of nitrogens with zero attached hydrogens (tertiary/aromatic N) is 3. The van der Waals surface area contributed by atoms with Crippen molar-refractivity contribution in [3.63, 3.8) is 0 Å². The molecule has 56 heavy (non-hydrogen) atoms. The number of rotatable bonds is 7. The molecule has 10 heteroatoms. The molecule has 6 rings (SSSR count). The number of aliphatic hydroxyl groups is 1. The van der Waals surface area contributed by atoms with Crippen molar-refractivity contribution >= 4 is 11.8 Å². The van der Waals surface area contributed by atoms with Crippen LogP contribution in [-0.2, 0) is 23.8 Å². The van der Waals surface area contributed by atoms with Gasteiger partial charge in [0.05, 0.1) is 12.7 Å². The van der Waals surface area contributed by atoms with Gasteiger partial charge in [0.1, 0.15) is 11.4 Å². The molecule has 0 aromatic carbocycles. The van der Waals surface area contributed by atoms with Gasteiger partial charge in [-0.3, -0.25) is 14.5 Å². The monoisotopic (exact) mass is 789 g/mol. The maximum atomic E-state index is 13.9. The third kappa shape index (κ3) is 9.51. The van der Waals surface area contributed by atoms with Gasteiger partial charge in [0.25, 0.3) is 11.8 Å². The van der Waals surface area contributed by atoms with E-state index in [1.807, 2.05) is 18.9 Å². The van der Waals surface area contributed by atoms with Gasteiger partial charge in [-0.25, -0.2) is 0 Å². The lowest BCUT2D eigenvalue weighted by atomic mass is 9.70. The van der Waals surface area contributed by atoms with E-state index in [-0.39, 0.29) is 45.8 Å². The van der Waals surface area contributed by atoms with E-state index >= 15 is 0 Å². The summed E-state index contributed by atoms with van der Waals surface area (Å²) < 4.78 is 19.1. The molecule has 4 aliphatic heterocycles. The number of piperidine rings is 2. The predicted octanol–water partition coefficient (Wildman–Crippen LogP) is 8.33. The Hall–Kier alpha value is -1.30. The van der Waals surface area contributed by atoms with Gasteiger partial charge in [0.15, 0.2) is 11.2 Å². The Labute approximate surface area is 341 Å². The quantitative estimate of drug-likeness (QED) is 0.266. The minimum Gasteiger partial charge on any atom is -0.392 e. The number of carbonyl (C=O) groups is 2. The molecule has 4 spiro atoms. The number of aliphatic hydroxyl groups excluding tert-OH is 1. The van der Waals surface area contributed by atoms with Gasteiger partial charge >= 0.3 is 0 Å². The van der Waals surface area contributed by atoms with Crippen LogP contribution < -0.4 is 5.32 Å². The van der Waals surface area contributed by atoms with Crippen LogP contribution in [0.4, 0.5) is 0 Å². The number of amides is 2. The van der Waals surface area contributed by atoms with Crippen molar-refractivity contribution in [2.24, 2.45) is 5.92 Å². The molecule has 2 saturated carbocycles. The third-order valence-corrected chi connectivity index (χ3v) is 14.3. The SMILES string of the molecule is CCC(O)CN1C(C)(C)CC2(CC1(C)C)OC1(CCCCCCCCCCC1)N(C)C2=O.COCC(C)CN1C(=O)C2(CC(C)(C)NC(C)(C)C2)OC12CCC2. The molecule has 6 fully saturated rings. The minimum absolute atomic E-state index is 0.115. The van der Waals surface area contributed by atoms with E-state index in [1.54, 1.807) is 7.11 Å². The molecule has 6 aliphatic rings. The molecule has 324 valence electrons. The lowest BCUT2D eigenvalue weighted by molar-refractivity contribution is -0.203. The number of β-amino-alcohol motifs (C(OH)–C–C–N with tert-alkyl or cyclic N) is 1. The van der Waals surface area contributed by atoms with E-state index in [0.717, 1.165) is 70.8 Å². The van der Waals surface area contributed by atoms with Gasteiger partial charge in [-0.2, -0.15) is 0 Å². The fourth-order valence-electron chi connectivity index (χ4n) is 12.5. The van der Waals surface area contributed by atoms with Gasteiger partial charge < -0.3 is 34.4 Å². The molecule has 0 aromatic rings. The Morgan fingerprint density at radius 1 is 0.679 bits per heavy atom. The number of hydrogen-bond donors (Lipinski definition) is 2. The maximum Gasteiger partial charge on any atom is 0.257 e. The first-order valence-corrected chi connectivity index (χ1v) is 22.8. The number of hydrogen-bond acceptors (Lipinski definition) is 8. The molecule has 4 saturated heterocycles. The summed E-state index contributed by atoms with van der Waals surface area (Å²) in [4.78, 5) is 33.9. The van der Waals surface area contributed by atoms with Crippen molar-refractivity contribution in [3.8, 4) is 0 Å². The highest BCUT2D eigenvalue weighted by Crippen LogP contribution is 2.55. The first-order valence-electron chi connectivity index (χ1n) is 22.8. The van der Waals surface area contributed by atoms with Crippen LogP contribution in [0.15, 0.2) is 0 Å². The van der Waals surface area contributed by atoms with Crippen molar-refractivity contribution in [1.29, 1.82) is 0 Å². The van der Waals surface area contributed by atoms with Crippen molar-refractivity contribution in [3.05, 3.63) is 0 Å². The molecule has 2 N–H and O–H groups in total. The molecule has 0 bridgehead atoms. The fourth-order valence-corrected chi connectivity index (χ4v) is 12.5. The normalized spacial score (nSPS) is 30.0. The zero-order chi connectivity index (χ0) is 41.4. The van der Waals surface area contributed by atoms with Crippen molar-refractivity contribution in [2.45, 2.75) is 242 Å². The van der Waals surface area contributed by atoms with Crippen molar-refractivity contribution in [1.82, 2.24) is 20.0 Å². The summed E-state index contributed by atoms with van der Waals surface area (Å²) in [5, 5.41) is 14.1. The third-order valence-electron chi connectivity index (χ3n) is 14.3. The van der Waals surface area contributed by atoms with Gasteiger partial charge in [0.2, 0.25) is 0 Å². The predicted molar refractivity (Wildman–Crippen MR) is 224 cm³/mol. The van der Waals surface area contributed by atoms with Gasteiger partial charge in [-0.15, -0.1) is 0 Å². The Balaban J connectivity index is 0.000000223. The lowest BCUT2D eigenvalue weighted by Crippen LogP contribution is -2.68. The summed E-state index contributed by atoms with van der Waals surface area (Å²) in [6, 6.07) is 0. The van der Waals surface area contributed by atoms with Crippen LogP contribution in [0.5, 0.6) is 0 Å². The molecule has 2 amide bonds. The van der Waals surface area contributed by atoms with Crippen molar-refractivity contribution in [2.75, 3.05) is 33.9 Å². The summed E-state index contributed by atoms with van der Waals surface area (Å²) in [7, 11) is 3.72. The number of nitrogens with one attached hydrogen (secondary N) is 1. The maximum absolute atomic E-state index is 13.9. The summed E-state index contributed by atoms with van der Waals surface area (Å²) >= 11 is 0. The van der Waals surface area contributed by atoms with Crippen LogP contribution >= 0.6 is 0 Å². The van der Waals surface area contributed by atoms with Gasteiger partial charge in [-0.05, 0) is 113 Å². The lowest BCUT2D eigenvalue weighted by Gasteiger charge is -2.58. The van der Waals surface area contributed by atoms with E-state index in [2.05, 4.69) is 77.4 Å². The van der Waals surface area contributed by atoms with Crippen LogP contribution in [-0.4, -0.2) is 116 Å². The Morgan fingerprint density at radius 2 is 1.12 bits per heavy atom. The molecule has 4 heterocycles. The summed E-state index contributed by atoms with van der Waals surface area (Å²) in [6.07, 6.45) is 19.6. The zero-order valence-electron chi connectivity index (χ0n) is 38.0. The second-order valence-electron chi connectivity index (χ2n) is 21.9. The highest BCUT2D eigenvalue weighted by atomic mass is 16.6. The highest BCUT2D eigenvalue weighted by Gasteiger charge is 2.67. The van der Waals surface area contributed by atoms with Crippen LogP contribution in [0.2, 0.25) is 0 Å². The molecular formula is C46H84N4O6. The van der Waals surface area contributed by atoms with E-state index in [4.69, 9.17) is 14.2 Å². The first kappa shape index (κ1) is 45.8. The largest absolute Gasteiger partial charge is 0.392 e. The summed E-state index contributed by atoms with van der Waals surface area (Å²) in [5.41, 5.74) is -2.93. The topological polar surface area (TPSA) is 104 Å². The fraction of sp³-hybridized carbons (Fsp3) is 0.957. The Kier molecular flexibility index (Phi) is 13.9. The van der Waals surface area contributed by atoms with Crippen LogP contribution in [0.25, 0.3) is 0 Å². The van der Waals surface area contributed by atoms with E-state index in [0.29, 0.717) is 31.9 Å². The van der Waals surface area contributed by atoms with E-state index in [9.17, 15) is 14.7 Å². The molecule has 2 unspecified atom stereocenters. The number of ether oxygens (including phenoxy) is 3. The minimum atomic E-state index is -0.757. The molecular weight excluding hydrogens is 705 g/mol. The van der Waals surface area contributed by atoms with E-state index < -0.39 is 16.9 Å². The number of likely N-dealkylation sites (tertiary alicyclic amines) is 1. The first-order chi connectivity index (χ1) is 26.0. The average Bonchev–Trinajstić information content (AvgIpc) is 3.38. The Morgan fingerprint density at radius 3 is 1.57 bits per heavy atom. The van der Waals surface area contributed by atoms with Gasteiger partial charge in [0, 0.05) is 75.1 Å². The van der Waals surface area contributed by atoms with Gasteiger partial charge in [-0.1, -0.05) is 58.8 Å². The Bertz CT molecular complexity index is 1310. The van der Waals surface area contributed by atoms with Crippen LogP contribution in [0, 0.1) is 5.92 Å². The number of carbonyl (C=O) groups excluding carboxylic acids is 2. The molecule has 0 radical (unpaired) electrons. The smallest absolute Gasteiger partial charge is 0.257 e. The van der Waals surface area contributed by atoms with Crippen molar-refractivity contribution < 1.29 is 28.9 Å². The second-order valence-corrected chi connectivity index (χ2v) is 21.9. The molecule has 10 nitrogen and oxygen atoms in total. The molecule has 2 aliphatic carbocycles. The summed E-state index contributed by atoms with van der Waals surface area (Å²) in [6.45, 7) is 23.8. The van der Waals surface area contributed by atoms with Crippen LogP contribution in [0.1, 0.15) is 191 Å². The standard InChI is InChI=1S/C27H50N2O3.C19H34N2O3/c1-7-22(30)19-29-24(2,3)20-26(21-25(29,4)5)23(31)28(6)27(32-26)17-15-13-11-9-8-10-12-14-16-18-27;1-14(11-23-6)10-21-15(22)18(24-19(21)8-7-9-19)12-16(2,3)20-17(4,5)13-18/h22,30H,7-21H2,1-6H3;14,20H,7-13H2,1-6H3. The number of likely N-dealkylation sites (N-methyl/N-ethyl adjacent to an activating group) is 1. The van der Waals surface area contributed by atoms with E-state index in [1.165, 1.54) is 44.9 Å². The summed E-state index contributed by atoms with van der Waals surface area (Å²) in [5.74, 6) is 0.701. The second kappa shape index (κ2) is 17.0. The zero-order valence-corrected chi connectivity index (χ0v) is 38.0.